The van der Waals surface area contributed by atoms with Gasteiger partial charge in [-0.2, -0.15) is 5.10 Å². The predicted molar refractivity (Wildman–Crippen MR) is 80.1 cm³/mol. The van der Waals surface area contributed by atoms with E-state index in [9.17, 15) is 4.79 Å². The second-order valence-corrected chi connectivity index (χ2v) is 5.93. The molecule has 5 nitrogen and oxygen atoms in total. The molecule has 1 amide bonds. The Morgan fingerprint density at radius 2 is 2.30 bits per heavy atom. The number of carbonyl (C=O) groups excluding carboxylic acids is 1. The minimum atomic E-state index is -0.106. The largest absolute Gasteiger partial charge is 0.351 e. The molecule has 6 heteroatoms. The molecule has 20 heavy (non-hydrogen) atoms. The van der Waals surface area contributed by atoms with E-state index in [1.807, 2.05) is 32.5 Å². The maximum Gasteiger partial charge on any atom is 0.271 e. The second kappa shape index (κ2) is 6.65. The first-order valence-corrected chi connectivity index (χ1v) is 7.68. The molecule has 0 saturated heterocycles. The quantitative estimate of drug-likeness (QED) is 0.833. The third-order valence-electron chi connectivity index (χ3n) is 3.08. The van der Waals surface area contributed by atoms with Crippen molar-refractivity contribution in [3.8, 4) is 0 Å². The molecule has 0 unspecified atom stereocenters. The summed E-state index contributed by atoms with van der Waals surface area (Å²) in [4.78, 5) is 17.4. The van der Waals surface area contributed by atoms with E-state index in [-0.39, 0.29) is 11.9 Å². The third-order valence-corrected chi connectivity index (χ3v) is 4.08. The number of rotatable bonds is 6. The molecular formula is C14H20N4OS. The second-order valence-electron chi connectivity index (χ2n) is 5.00. The number of thiazole rings is 1. The summed E-state index contributed by atoms with van der Waals surface area (Å²) in [5.74, 6) is -0.106. The fraction of sp³-hybridized carbons (Fsp3) is 0.500. The molecule has 0 spiro atoms. The SMILES string of the molecule is Cc1ncsc1CCCNC(=O)c1ccn(C(C)C)n1. The normalized spacial score (nSPS) is 11.0. The smallest absolute Gasteiger partial charge is 0.271 e. The van der Waals surface area contributed by atoms with Crippen LogP contribution in [-0.2, 0) is 6.42 Å². The first kappa shape index (κ1) is 14.7. The van der Waals surface area contributed by atoms with Crippen LogP contribution in [0.5, 0.6) is 0 Å². The summed E-state index contributed by atoms with van der Waals surface area (Å²) in [5, 5.41) is 7.15. The van der Waals surface area contributed by atoms with Gasteiger partial charge in [0, 0.05) is 23.7 Å². The molecule has 1 N–H and O–H groups in total. The molecular weight excluding hydrogens is 272 g/mol. The van der Waals surface area contributed by atoms with Crippen LogP contribution >= 0.6 is 11.3 Å². The van der Waals surface area contributed by atoms with Crippen molar-refractivity contribution in [1.82, 2.24) is 20.1 Å². The Kier molecular flexibility index (Phi) is 4.89. The van der Waals surface area contributed by atoms with Gasteiger partial charge in [0.25, 0.3) is 5.91 Å². The van der Waals surface area contributed by atoms with Crippen molar-refractivity contribution >= 4 is 17.2 Å². The number of nitrogens with zero attached hydrogens (tertiary/aromatic N) is 3. The molecule has 0 aromatic carbocycles. The van der Waals surface area contributed by atoms with Crippen LogP contribution in [-0.4, -0.2) is 27.2 Å². The first-order chi connectivity index (χ1) is 9.58. The van der Waals surface area contributed by atoms with Crippen LogP contribution in [0, 0.1) is 6.92 Å². The Balaban J connectivity index is 1.76. The van der Waals surface area contributed by atoms with Gasteiger partial charge in [-0.1, -0.05) is 0 Å². The molecule has 108 valence electrons. The van der Waals surface area contributed by atoms with Crippen LogP contribution in [0.2, 0.25) is 0 Å². The lowest BCUT2D eigenvalue weighted by atomic mass is 10.2. The monoisotopic (exact) mass is 292 g/mol. The number of carbonyl (C=O) groups is 1. The predicted octanol–water partition coefficient (Wildman–Crippen LogP) is 2.59. The fourth-order valence-electron chi connectivity index (χ4n) is 1.85. The van der Waals surface area contributed by atoms with Gasteiger partial charge in [-0.3, -0.25) is 9.48 Å². The Morgan fingerprint density at radius 3 is 2.90 bits per heavy atom. The van der Waals surface area contributed by atoms with Gasteiger partial charge in [-0.25, -0.2) is 4.98 Å². The minimum absolute atomic E-state index is 0.106. The molecule has 0 atom stereocenters. The van der Waals surface area contributed by atoms with Gasteiger partial charge >= 0.3 is 0 Å². The Morgan fingerprint density at radius 1 is 1.50 bits per heavy atom. The van der Waals surface area contributed by atoms with E-state index in [2.05, 4.69) is 15.4 Å². The van der Waals surface area contributed by atoms with Gasteiger partial charge < -0.3 is 5.32 Å². The molecule has 2 heterocycles. The number of aromatic nitrogens is 3. The van der Waals surface area contributed by atoms with Gasteiger partial charge in [0.1, 0.15) is 5.69 Å². The summed E-state index contributed by atoms with van der Waals surface area (Å²) in [6.45, 7) is 6.74. The molecule has 0 aliphatic heterocycles. The summed E-state index contributed by atoms with van der Waals surface area (Å²) < 4.78 is 1.79. The van der Waals surface area contributed by atoms with Crippen molar-refractivity contribution in [1.29, 1.82) is 0 Å². The van der Waals surface area contributed by atoms with E-state index in [1.54, 1.807) is 22.1 Å². The average Bonchev–Trinajstić information content (AvgIpc) is 3.03. The number of aryl methyl sites for hydroxylation is 2. The zero-order valence-corrected chi connectivity index (χ0v) is 12.9. The molecule has 0 radical (unpaired) electrons. The Hall–Kier alpha value is -1.69. The minimum Gasteiger partial charge on any atom is -0.351 e. The highest BCUT2D eigenvalue weighted by molar-refractivity contribution is 7.09. The molecule has 0 aliphatic rings. The highest BCUT2D eigenvalue weighted by atomic mass is 32.1. The van der Waals surface area contributed by atoms with E-state index in [0.29, 0.717) is 12.2 Å². The van der Waals surface area contributed by atoms with Crippen molar-refractivity contribution in [3.63, 3.8) is 0 Å². The lowest BCUT2D eigenvalue weighted by Gasteiger charge is -2.05. The topological polar surface area (TPSA) is 59.8 Å². The highest BCUT2D eigenvalue weighted by Gasteiger charge is 2.10. The van der Waals surface area contributed by atoms with Crippen LogP contribution in [0.3, 0.4) is 0 Å². The van der Waals surface area contributed by atoms with E-state index >= 15 is 0 Å². The van der Waals surface area contributed by atoms with E-state index in [4.69, 9.17) is 0 Å². The van der Waals surface area contributed by atoms with Crippen molar-refractivity contribution < 1.29 is 4.79 Å². The van der Waals surface area contributed by atoms with Gasteiger partial charge in [-0.05, 0) is 39.7 Å². The van der Waals surface area contributed by atoms with E-state index in [0.717, 1.165) is 18.5 Å². The summed E-state index contributed by atoms with van der Waals surface area (Å²) in [6, 6.07) is 2.02. The Bertz CT molecular complexity index is 573. The number of hydrogen-bond acceptors (Lipinski definition) is 4. The van der Waals surface area contributed by atoms with Crippen molar-refractivity contribution in [2.75, 3.05) is 6.54 Å². The van der Waals surface area contributed by atoms with Crippen LogP contribution in [0.25, 0.3) is 0 Å². The van der Waals surface area contributed by atoms with Crippen LogP contribution < -0.4 is 5.32 Å². The van der Waals surface area contributed by atoms with Crippen LogP contribution in [0.15, 0.2) is 17.8 Å². The zero-order valence-electron chi connectivity index (χ0n) is 12.1. The Labute approximate surface area is 123 Å². The molecule has 2 rings (SSSR count). The lowest BCUT2D eigenvalue weighted by molar-refractivity contribution is 0.0947. The van der Waals surface area contributed by atoms with Crippen molar-refractivity contribution in [3.05, 3.63) is 34.0 Å². The van der Waals surface area contributed by atoms with Crippen molar-refractivity contribution in [2.24, 2.45) is 0 Å². The van der Waals surface area contributed by atoms with Crippen LogP contribution in [0.1, 0.15) is 47.4 Å². The molecule has 0 aliphatic carbocycles. The number of nitrogens with one attached hydrogen (secondary N) is 1. The number of hydrogen-bond donors (Lipinski definition) is 1. The molecule has 0 bridgehead atoms. The highest BCUT2D eigenvalue weighted by Crippen LogP contribution is 2.13. The third kappa shape index (κ3) is 3.66. The van der Waals surface area contributed by atoms with Crippen LogP contribution in [0.4, 0.5) is 0 Å². The molecule has 0 fully saturated rings. The molecule has 2 aromatic heterocycles. The average molecular weight is 292 g/mol. The summed E-state index contributed by atoms with van der Waals surface area (Å²) in [6.07, 6.45) is 3.71. The van der Waals surface area contributed by atoms with Gasteiger partial charge in [-0.15, -0.1) is 11.3 Å². The summed E-state index contributed by atoms with van der Waals surface area (Å²) in [7, 11) is 0. The van der Waals surface area contributed by atoms with E-state index < -0.39 is 0 Å². The van der Waals surface area contributed by atoms with Gasteiger partial charge in [0.2, 0.25) is 0 Å². The standard InChI is InChI=1S/C14H20N4OS/c1-10(2)18-8-6-12(17-18)14(19)15-7-4-5-13-11(3)16-9-20-13/h6,8-10H,4-5,7H2,1-3H3,(H,15,19). The lowest BCUT2D eigenvalue weighted by Crippen LogP contribution is -2.25. The van der Waals surface area contributed by atoms with Gasteiger partial charge in [0.05, 0.1) is 11.2 Å². The summed E-state index contributed by atoms with van der Waals surface area (Å²) >= 11 is 1.67. The van der Waals surface area contributed by atoms with Gasteiger partial charge in [0.15, 0.2) is 0 Å². The number of amides is 1. The molecule has 2 aromatic rings. The maximum atomic E-state index is 11.9. The zero-order chi connectivity index (χ0) is 14.5. The van der Waals surface area contributed by atoms with Crippen molar-refractivity contribution in [2.45, 2.75) is 39.7 Å². The fourth-order valence-corrected chi connectivity index (χ4v) is 2.68. The maximum absolute atomic E-state index is 11.9. The molecule has 0 saturated carbocycles. The first-order valence-electron chi connectivity index (χ1n) is 6.80. The summed E-state index contributed by atoms with van der Waals surface area (Å²) in [5.41, 5.74) is 3.44. The van der Waals surface area contributed by atoms with E-state index in [1.165, 1.54) is 4.88 Å².